The SMILES string of the molecule is CC1(C)c2cc(-c3c4ccccc4c(-c4ccc5ccc6cccnc6c5n4)c4ccccc34)ccc2-c2ccc3c(oc4ccccc43)c21. The van der Waals surface area contributed by atoms with E-state index < -0.39 is 0 Å². The zero-order chi connectivity index (χ0) is 33.1. The summed E-state index contributed by atoms with van der Waals surface area (Å²) in [5.41, 5.74) is 13.2. The molecule has 0 fully saturated rings. The van der Waals surface area contributed by atoms with E-state index in [4.69, 9.17) is 14.4 Å². The lowest BCUT2D eigenvalue weighted by molar-refractivity contribution is 0.620. The van der Waals surface area contributed by atoms with Crippen molar-refractivity contribution >= 4 is 65.3 Å². The van der Waals surface area contributed by atoms with Crippen LogP contribution in [0.4, 0.5) is 0 Å². The van der Waals surface area contributed by atoms with Gasteiger partial charge in [0.15, 0.2) is 0 Å². The molecule has 0 amide bonds. The molecule has 0 bridgehead atoms. The van der Waals surface area contributed by atoms with Crippen molar-refractivity contribution in [1.29, 1.82) is 0 Å². The van der Waals surface area contributed by atoms with Crippen LogP contribution in [0.3, 0.4) is 0 Å². The monoisotopic (exact) mass is 638 g/mol. The molecule has 3 aromatic heterocycles. The fraction of sp³-hybridized carbons (Fsp3) is 0.0638. The smallest absolute Gasteiger partial charge is 0.140 e. The second-order valence-electron chi connectivity index (χ2n) is 14.1. The Hall–Kier alpha value is -6.32. The van der Waals surface area contributed by atoms with Crippen LogP contribution in [0.5, 0.6) is 0 Å². The molecule has 0 saturated carbocycles. The molecular formula is C47H30N2O. The number of para-hydroxylation sites is 1. The Labute approximate surface area is 288 Å². The van der Waals surface area contributed by atoms with Crippen LogP contribution in [0.15, 0.2) is 150 Å². The largest absolute Gasteiger partial charge is 0.456 e. The Morgan fingerprint density at radius 2 is 1.16 bits per heavy atom. The zero-order valence-electron chi connectivity index (χ0n) is 27.7. The van der Waals surface area contributed by atoms with Crippen LogP contribution in [-0.2, 0) is 5.41 Å². The van der Waals surface area contributed by atoms with Crippen molar-refractivity contribution < 1.29 is 4.42 Å². The molecule has 1 aliphatic carbocycles. The fourth-order valence-electron chi connectivity index (χ4n) is 8.80. The summed E-state index contributed by atoms with van der Waals surface area (Å²) in [5.74, 6) is 0. The second-order valence-corrected chi connectivity index (χ2v) is 14.1. The lowest BCUT2D eigenvalue weighted by Crippen LogP contribution is -2.15. The van der Waals surface area contributed by atoms with Crippen molar-refractivity contribution in [2.75, 3.05) is 0 Å². The number of benzene rings is 7. The maximum absolute atomic E-state index is 6.59. The van der Waals surface area contributed by atoms with E-state index in [0.29, 0.717) is 0 Å². The van der Waals surface area contributed by atoms with Gasteiger partial charge in [0.25, 0.3) is 0 Å². The molecule has 0 aliphatic heterocycles. The van der Waals surface area contributed by atoms with Crippen molar-refractivity contribution in [3.63, 3.8) is 0 Å². The van der Waals surface area contributed by atoms with E-state index in [1.807, 2.05) is 18.3 Å². The van der Waals surface area contributed by atoms with Crippen LogP contribution in [0.2, 0.25) is 0 Å². The van der Waals surface area contributed by atoms with Gasteiger partial charge in [-0.3, -0.25) is 4.98 Å². The van der Waals surface area contributed by atoms with Crippen molar-refractivity contribution in [3.8, 4) is 33.5 Å². The van der Waals surface area contributed by atoms with Crippen LogP contribution in [0.1, 0.15) is 25.0 Å². The van der Waals surface area contributed by atoms with Gasteiger partial charge in [-0.05, 0) is 79.7 Å². The van der Waals surface area contributed by atoms with Crippen LogP contribution in [0.25, 0.3) is 98.8 Å². The van der Waals surface area contributed by atoms with Gasteiger partial charge in [0.05, 0.1) is 16.7 Å². The van der Waals surface area contributed by atoms with Gasteiger partial charge < -0.3 is 4.42 Å². The van der Waals surface area contributed by atoms with Gasteiger partial charge in [-0.1, -0.05) is 123 Å². The number of fused-ring (bicyclic) bond motifs is 12. The normalized spacial score (nSPS) is 13.6. The number of pyridine rings is 2. The van der Waals surface area contributed by atoms with Crippen LogP contribution in [-0.4, -0.2) is 9.97 Å². The molecule has 0 N–H and O–H groups in total. The maximum Gasteiger partial charge on any atom is 0.140 e. The van der Waals surface area contributed by atoms with Crippen LogP contribution >= 0.6 is 0 Å². The highest BCUT2D eigenvalue weighted by Crippen LogP contribution is 2.54. The summed E-state index contributed by atoms with van der Waals surface area (Å²) in [6.07, 6.45) is 1.85. The van der Waals surface area contributed by atoms with Crippen molar-refractivity contribution in [1.82, 2.24) is 9.97 Å². The van der Waals surface area contributed by atoms with E-state index in [-0.39, 0.29) is 5.41 Å². The molecule has 3 heterocycles. The van der Waals surface area contributed by atoms with Crippen molar-refractivity contribution in [2.45, 2.75) is 19.3 Å². The van der Waals surface area contributed by atoms with Gasteiger partial charge in [0.1, 0.15) is 11.2 Å². The molecule has 234 valence electrons. The number of furan rings is 1. The second kappa shape index (κ2) is 9.87. The quantitative estimate of drug-likeness (QED) is 0.140. The number of aromatic nitrogens is 2. The fourth-order valence-corrected chi connectivity index (χ4v) is 8.80. The first-order valence-electron chi connectivity index (χ1n) is 17.2. The third-order valence-corrected chi connectivity index (χ3v) is 11.1. The topological polar surface area (TPSA) is 38.9 Å². The molecule has 7 aromatic carbocycles. The Kier molecular flexibility index (Phi) is 5.45. The molecule has 3 nitrogen and oxygen atoms in total. The third-order valence-electron chi connectivity index (χ3n) is 11.1. The molecule has 0 atom stereocenters. The van der Waals surface area contributed by atoms with Gasteiger partial charge >= 0.3 is 0 Å². The molecule has 0 saturated heterocycles. The molecule has 0 spiro atoms. The zero-order valence-corrected chi connectivity index (χ0v) is 27.7. The average molecular weight is 639 g/mol. The van der Waals surface area contributed by atoms with E-state index >= 15 is 0 Å². The Bertz CT molecular complexity index is 3020. The molecule has 0 radical (unpaired) electrons. The summed E-state index contributed by atoms with van der Waals surface area (Å²) in [7, 11) is 0. The first kappa shape index (κ1) is 27.6. The predicted molar refractivity (Wildman–Crippen MR) is 208 cm³/mol. The lowest BCUT2D eigenvalue weighted by atomic mass is 9.80. The highest BCUT2D eigenvalue weighted by atomic mass is 16.3. The summed E-state index contributed by atoms with van der Waals surface area (Å²) in [6, 6.07) is 50.3. The van der Waals surface area contributed by atoms with Gasteiger partial charge in [-0.15, -0.1) is 0 Å². The standard InChI is InChI=1S/C47H30N2O/c1-47(2)38-26-29(19-21-30(38)36-22-23-37-31-11-7-8-16-40(31)50-46(37)43(36)47)41-32-12-3-5-14-34(32)42(35-15-6-4-13-33(35)41)39-24-20-28-18-17-27-10-9-25-48-44(27)45(28)49-39/h3-26H,1-2H3. The summed E-state index contributed by atoms with van der Waals surface area (Å²) in [5, 5.41) is 9.34. The van der Waals surface area contributed by atoms with E-state index in [0.717, 1.165) is 44.2 Å². The highest BCUT2D eigenvalue weighted by Gasteiger charge is 2.39. The maximum atomic E-state index is 6.59. The summed E-state index contributed by atoms with van der Waals surface area (Å²) < 4.78 is 6.59. The highest BCUT2D eigenvalue weighted by molar-refractivity contribution is 6.21. The first-order valence-corrected chi connectivity index (χ1v) is 17.2. The van der Waals surface area contributed by atoms with Crippen molar-refractivity contribution in [2.24, 2.45) is 0 Å². The first-order chi connectivity index (χ1) is 24.6. The minimum Gasteiger partial charge on any atom is -0.456 e. The number of hydrogen-bond acceptors (Lipinski definition) is 3. The van der Waals surface area contributed by atoms with E-state index in [1.165, 1.54) is 65.7 Å². The Morgan fingerprint density at radius 3 is 1.92 bits per heavy atom. The summed E-state index contributed by atoms with van der Waals surface area (Å²) in [6.45, 7) is 4.69. The van der Waals surface area contributed by atoms with E-state index in [9.17, 15) is 0 Å². The molecule has 10 aromatic rings. The number of hydrogen-bond donors (Lipinski definition) is 0. The molecule has 3 heteroatoms. The minimum atomic E-state index is -0.245. The third kappa shape index (κ3) is 3.64. The van der Waals surface area contributed by atoms with Crippen LogP contribution in [0, 0.1) is 0 Å². The van der Waals surface area contributed by atoms with Crippen molar-refractivity contribution in [3.05, 3.63) is 157 Å². The molecule has 0 unspecified atom stereocenters. The summed E-state index contributed by atoms with van der Waals surface area (Å²) in [4.78, 5) is 10.1. The number of nitrogens with zero attached hydrogens (tertiary/aromatic N) is 2. The summed E-state index contributed by atoms with van der Waals surface area (Å²) >= 11 is 0. The lowest BCUT2D eigenvalue weighted by Gasteiger charge is -2.23. The van der Waals surface area contributed by atoms with E-state index in [1.54, 1.807) is 0 Å². The van der Waals surface area contributed by atoms with Crippen LogP contribution < -0.4 is 0 Å². The van der Waals surface area contributed by atoms with Gasteiger partial charge in [-0.2, -0.15) is 0 Å². The number of rotatable bonds is 2. The molecule has 11 rings (SSSR count). The molecular weight excluding hydrogens is 609 g/mol. The van der Waals surface area contributed by atoms with Gasteiger partial charge in [0, 0.05) is 44.3 Å². The average Bonchev–Trinajstić information content (AvgIpc) is 3.65. The van der Waals surface area contributed by atoms with E-state index in [2.05, 4.69) is 141 Å². The Balaban J connectivity index is 1.16. The van der Waals surface area contributed by atoms with Gasteiger partial charge in [0.2, 0.25) is 0 Å². The minimum absolute atomic E-state index is 0.245. The predicted octanol–water partition coefficient (Wildman–Crippen LogP) is 12.6. The Morgan fingerprint density at radius 1 is 0.520 bits per heavy atom. The molecule has 50 heavy (non-hydrogen) atoms. The molecule has 1 aliphatic rings. The van der Waals surface area contributed by atoms with Gasteiger partial charge in [-0.25, -0.2) is 4.98 Å².